The molecule has 0 saturated carbocycles. The number of fused-ring (bicyclic) bond motifs is 1. The van der Waals surface area contributed by atoms with Gasteiger partial charge in [-0.2, -0.15) is 10.5 Å². The van der Waals surface area contributed by atoms with Gasteiger partial charge in [0.2, 0.25) is 5.95 Å². The number of nitrogens with zero attached hydrogens (tertiary/aromatic N) is 4. The number of anilines is 3. The van der Waals surface area contributed by atoms with Crippen molar-refractivity contribution in [2.45, 2.75) is 71.0 Å². The van der Waals surface area contributed by atoms with E-state index in [1.165, 1.54) is 0 Å². The first kappa shape index (κ1) is 30.2. The van der Waals surface area contributed by atoms with Gasteiger partial charge in [0, 0.05) is 36.0 Å². The number of rotatable bonds is 9. The lowest BCUT2D eigenvalue weighted by Gasteiger charge is -2.39. The predicted molar refractivity (Wildman–Crippen MR) is 168 cm³/mol. The largest absolute Gasteiger partial charge is 0.416 e. The van der Waals surface area contributed by atoms with E-state index in [2.05, 4.69) is 74.6 Å². The lowest BCUT2D eigenvalue weighted by Crippen LogP contribution is -2.45. The second-order valence-electron chi connectivity index (χ2n) is 12.7. The van der Waals surface area contributed by atoms with Crippen LogP contribution in [0.5, 0.6) is 0 Å². The topological polar surface area (TPSA) is 133 Å². The van der Waals surface area contributed by atoms with Crippen molar-refractivity contribution in [3.63, 3.8) is 0 Å². The van der Waals surface area contributed by atoms with Crippen molar-refractivity contribution in [1.29, 1.82) is 10.5 Å². The third kappa shape index (κ3) is 6.28. The summed E-state index contributed by atoms with van der Waals surface area (Å²) in [5, 5.41) is 26.6. The minimum Gasteiger partial charge on any atom is -0.416 e. The fourth-order valence-corrected chi connectivity index (χ4v) is 5.93. The molecule has 0 bridgehead atoms. The van der Waals surface area contributed by atoms with Crippen LogP contribution in [0.25, 0.3) is 11.3 Å². The van der Waals surface area contributed by atoms with Crippen molar-refractivity contribution in [3.05, 3.63) is 64.3 Å². The van der Waals surface area contributed by atoms with Gasteiger partial charge in [0.25, 0.3) is 0 Å². The summed E-state index contributed by atoms with van der Waals surface area (Å²) in [4.78, 5) is 9.23. The maximum Gasteiger partial charge on any atom is 0.227 e. The number of nitrogens with one attached hydrogen (secondary N) is 2. The summed E-state index contributed by atoms with van der Waals surface area (Å²) in [7, 11) is -1.95. The molecule has 9 heteroatoms. The highest BCUT2D eigenvalue weighted by Gasteiger charge is 2.42. The van der Waals surface area contributed by atoms with Gasteiger partial charge in [-0.3, -0.25) is 0 Å². The molecule has 0 fully saturated rings. The standard InChI is InChI=1S/C32H41N7OSi/c1-21-13-22(9-8-11-33)24(17-34)16-28(21)39-30-36-12-10-27(38-30)23-14-25(18-35)29-26(15-23)32(5,19-37-29)20-40-41(6,7)31(2,3)4/h10,12-16,37H,8-9,11,19-20,33H2,1-7H3,(H,36,38,39)/t32-/m1/s1. The van der Waals surface area contributed by atoms with Crippen LogP contribution in [0.2, 0.25) is 18.1 Å². The summed E-state index contributed by atoms with van der Waals surface area (Å²) in [6, 6.07) is 14.4. The van der Waals surface area contributed by atoms with E-state index in [0.29, 0.717) is 42.5 Å². The Morgan fingerprint density at radius 2 is 1.88 bits per heavy atom. The van der Waals surface area contributed by atoms with Gasteiger partial charge in [-0.15, -0.1) is 0 Å². The van der Waals surface area contributed by atoms with Crippen LogP contribution in [0, 0.1) is 29.6 Å². The monoisotopic (exact) mass is 567 g/mol. The second kappa shape index (κ2) is 11.6. The summed E-state index contributed by atoms with van der Waals surface area (Å²) >= 11 is 0. The van der Waals surface area contributed by atoms with Crippen molar-refractivity contribution in [3.8, 4) is 23.4 Å². The number of hydrogen-bond donors (Lipinski definition) is 3. The Morgan fingerprint density at radius 3 is 2.54 bits per heavy atom. The highest BCUT2D eigenvalue weighted by Crippen LogP contribution is 2.44. The Balaban J connectivity index is 1.66. The zero-order valence-electron chi connectivity index (χ0n) is 25.3. The normalized spacial score (nSPS) is 16.4. The van der Waals surface area contributed by atoms with Crippen LogP contribution in [0.1, 0.15) is 61.9 Å². The van der Waals surface area contributed by atoms with Crippen molar-refractivity contribution in [1.82, 2.24) is 9.97 Å². The molecule has 4 rings (SSSR count). The average molecular weight is 568 g/mol. The van der Waals surface area contributed by atoms with Crippen LogP contribution in [0.15, 0.2) is 36.5 Å². The van der Waals surface area contributed by atoms with E-state index in [-0.39, 0.29) is 10.5 Å². The predicted octanol–water partition coefficient (Wildman–Crippen LogP) is 6.54. The number of nitriles is 2. The Bertz CT molecular complexity index is 1530. The third-order valence-corrected chi connectivity index (χ3v) is 13.0. The molecule has 0 aliphatic carbocycles. The quantitative estimate of drug-likeness (QED) is 0.248. The number of aryl methyl sites for hydroxylation is 2. The smallest absolute Gasteiger partial charge is 0.227 e. The van der Waals surface area contributed by atoms with Crippen LogP contribution in [0.4, 0.5) is 17.3 Å². The summed E-state index contributed by atoms with van der Waals surface area (Å²) in [6.07, 6.45) is 3.30. The number of benzene rings is 2. The lowest BCUT2D eigenvalue weighted by molar-refractivity contribution is 0.220. The average Bonchev–Trinajstić information content (AvgIpc) is 3.27. The SMILES string of the molecule is Cc1cc(CCCN)c(C#N)cc1Nc1nccc(-c2cc(C#N)c3c(c2)[C@@](C)(CO[Si](C)(C)C(C)(C)C)CN3)n1. The third-order valence-electron chi connectivity index (χ3n) is 8.54. The van der Waals surface area contributed by atoms with E-state index in [0.717, 1.165) is 46.5 Å². The summed E-state index contributed by atoms with van der Waals surface area (Å²) < 4.78 is 6.65. The second-order valence-corrected chi connectivity index (χ2v) is 17.5. The molecule has 1 aliphatic heterocycles. The van der Waals surface area contributed by atoms with Crippen molar-refractivity contribution >= 4 is 25.6 Å². The molecule has 0 unspecified atom stereocenters. The van der Waals surface area contributed by atoms with Crippen LogP contribution < -0.4 is 16.4 Å². The molecule has 3 aromatic rings. The minimum absolute atomic E-state index is 0.111. The molecule has 4 N–H and O–H groups in total. The first-order valence-corrected chi connectivity index (χ1v) is 17.0. The molecule has 0 saturated heterocycles. The maximum absolute atomic E-state index is 10.0. The maximum atomic E-state index is 10.0. The van der Waals surface area contributed by atoms with Crippen LogP contribution in [0.3, 0.4) is 0 Å². The van der Waals surface area contributed by atoms with Crippen LogP contribution >= 0.6 is 0 Å². The zero-order valence-corrected chi connectivity index (χ0v) is 26.3. The van der Waals surface area contributed by atoms with Gasteiger partial charge in [0.05, 0.1) is 28.6 Å². The van der Waals surface area contributed by atoms with Gasteiger partial charge in [-0.1, -0.05) is 33.8 Å². The van der Waals surface area contributed by atoms with Gasteiger partial charge in [0.15, 0.2) is 8.32 Å². The van der Waals surface area contributed by atoms with E-state index >= 15 is 0 Å². The van der Waals surface area contributed by atoms with Gasteiger partial charge < -0.3 is 20.8 Å². The molecular weight excluding hydrogens is 526 g/mol. The fourth-order valence-electron chi connectivity index (χ4n) is 4.81. The van der Waals surface area contributed by atoms with Crippen molar-refractivity contribution in [2.24, 2.45) is 5.73 Å². The first-order chi connectivity index (χ1) is 19.3. The van der Waals surface area contributed by atoms with Gasteiger partial charge in [-0.05, 0) is 85.4 Å². The van der Waals surface area contributed by atoms with E-state index in [1.54, 1.807) is 6.20 Å². The molecule has 1 aliphatic rings. The van der Waals surface area contributed by atoms with E-state index in [9.17, 15) is 10.5 Å². The highest BCUT2D eigenvalue weighted by molar-refractivity contribution is 6.74. The molecule has 0 radical (unpaired) electrons. The molecule has 214 valence electrons. The molecule has 8 nitrogen and oxygen atoms in total. The molecule has 0 amide bonds. The molecule has 0 spiro atoms. The molecule has 2 heterocycles. The minimum atomic E-state index is -1.95. The van der Waals surface area contributed by atoms with Crippen molar-refractivity contribution < 1.29 is 4.43 Å². The van der Waals surface area contributed by atoms with E-state index < -0.39 is 8.32 Å². The van der Waals surface area contributed by atoms with E-state index in [4.69, 9.17) is 15.1 Å². The lowest BCUT2D eigenvalue weighted by atomic mass is 9.83. The van der Waals surface area contributed by atoms with E-state index in [1.807, 2.05) is 31.2 Å². The van der Waals surface area contributed by atoms with Gasteiger partial charge in [0.1, 0.15) is 6.07 Å². The zero-order chi connectivity index (χ0) is 30.0. The highest BCUT2D eigenvalue weighted by atomic mass is 28.4. The Morgan fingerprint density at radius 1 is 1.15 bits per heavy atom. The molecule has 1 aromatic heterocycles. The number of aromatic nitrogens is 2. The van der Waals surface area contributed by atoms with Crippen LogP contribution in [-0.4, -0.2) is 38.0 Å². The van der Waals surface area contributed by atoms with Crippen LogP contribution in [-0.2, 0) is 16.3 Å². The Hall–Kier alpha value is -3.76. The summed E-state index contributed by atoms with van der Waals surface area (Å²) in [5.41, 5.74) is 12.9. The summed E-state index contributed by atoms with van der Waals surface area (Å²) in [6.45, 7) is 17.3. The fraction of sp³-hybridized carbons (Fsp3) is 0.438. The molecule has 1 atom stereocenters. The first-order valence-electron chi connectivity index (χ1n) is 14.1. The van der Waals surface area contributed by atoms with Crippen molar-refractivity contribution in [2.75, 3.05) is 30.3 Å². The molecule has 2 aromatic carbocycles. The van der Waals surface area contributed by atoms with Gasteiger partial charge >= 0.3 is 0 Å². The number of nitrogens with two attached hydrogens (primary N) is 1. The Kier molecular flexibility index (Phi) is 8.56. The van der Waals surface area contributed by atoms with Gasteiger partial charge in [-0.25, -0.2) is 9.97 Å². The molecule has 41 heavy (non-hydrogen) atoms. The summed E-state index contributed by atoms with van der Waals surface area (Å²) in [5.74, 6) is 0.422. The Labute approximate surface area is 245 Å². The molecular formula is C32H41N7OSi. The number of hydrogen-bond acceptors (Lipinski definition) is 8.